The fourth-order valence-corrected chi connectivity index (χ4v) is 2.00. The molecule has 2 aromatic rings. The molecule has 0 saturated heterocycles. The number of fused-ring (bicyclic) bond motifs is 1. The molecular weight excluding hydrogens is 304 g/mol. The number of esters is 1. The highest BCUT2D eigenvalue weighted by Crippen LogP contribution is 2.24. The average Bonchev–Trinajstić information content (AvgIpc) is 2.52. The van der Waals surface area contributed by atoms with Gasteiger partial charge in [-0.2, -0.15) is 0 Å². The third-order valence-electron chi connectivity index (χ3n) is 3.35. The predicted octanol–water partition coefficient (Wildman–Crippen LogP) is 3.80. The van der Waals surface area contributed by atoms with Crippen LogP contribution in [-0.4, -0.2) is 23.5 Å². The largest absolute Gasteiger partial charge is 0.463 e. The molecule has 126 valence electrons. The van der Waals surface area contributed by atoms with Crippen molar-refractivity contribution in [3.63, 3.8) is 0 Å². The Morgan fingerprint density at radius 2 is 1.96 bits per heavy atom. The van der Waals surface area contributed by atoms with E-state index in [1.54, 1.807) is 13.0 Å². The molecule has 0 radical (unpaired) electrons. The minimum Gasteiger partial charge on any atom is -0.463 e. The molecule has 0 aliphatic carbocycles. The summed E-state index contributed by atoms with van der Waals surface area (Å²) in [7, 11) is 0. The van der Waals surface area contributed by atoms with Crippen LogP contribution in [0.5, 0.6) is 0 Å². The highest BCUT2D eigenvalue weighted by atomic mass is 16.5. The van der Waals surface area contributed by atoms with Gasteiger partial charge in [0.1, 0.15) is 5.82 Å². The van der Waals surface area contributed by atoms with Crippen LogP contribution in [0.4, 0.5) is 5.82 Å². The Bertz CT molecular complexity index is 789. The number of benzene rings is 1. The standard InChI is InChI=1S/C19H22N2O3/c1-5-24-16(22)11-10-14-12-13-8-6-7-9-15(13)20-17(14)21-18(23)19(2,3)4/h6-12H,5H2,1-4H3,(H,20,21,23)/b11-10-. The van der Waals surface area contributed by atoms with Gasteiger partial charge in [0.15, 0.2) is 0 Å². The molecule has 0 saturated carbocycles. The summed E-state index contributed by atoms with van der Waals surface area (Å²) in [6.07, 6.45) is 2.94. The van der Waals surface area contributed by atoms with E-state index in [0.29, 0.717) is 18.0 Å². The van der Waals surface area contributed by atoms with Gasteiger partial charge in [0, 0.05) is 22.4 Å². The second kappa shape index (κ2) is 7.25. The van der Waals surface area contributed by atoms with Gasteiger partial charge in [-0.15, -0.1) is 0 Å². The first-order chi connectivity index (χ1) is 11.3. The van der Waals surface area contributed by atoms with Crippen LogP contribution in [0, 0.1) is 5.41 Å². The van der Waals surface area contributed by atoms with Crippen LogP contribution in [0.2, 0.25) is 0 Å². The number of nitrogens with zero attached hydrogens (tertiary/aromatic N) is 1. The monoisotopic (exact) mass is 326 g/mol. The molecule has 1 aromatic heterocycles. The van der Waals surface area contributed by atoms with Gasteiger partial charge in [-0.05, 0) is 25.1 Å². The van der Waals surface area contributed by atoms with E-state index in [-0.39, 0.29) is 5.91 Å². The van der Waals surface area contributed by atoms with Crippen LogP contribution >= 0.6 is 0 Å². The second-order valence-electron chi connectivity index (χ2n) is 6.41. The zero-order chi connectivity index (χ0) is 17.7. The number of carbonyl (C=O) groups is 2. The summed E-state index contributed by atoms with van der Waals surface area (Å²) in [5.74, 6) is -0.149. The number of carbonyl (C=O) groups excluding carboxylic acids is 2. The first-order valence-electron chi connectivity index (χ1n) is 7.87. The van der Waals surface area contributed by atoms with E-state index in [1.807, 2.05) is 51.1 Å². The number of ether oxygens (including phenoxy) is 1. The number of aromatic nitrogens is 1. The number of rotatable bonds is 4. The molecule has 1 amide bonds. The summed E-state index contributed by atoms with van der Waals surface area (Å²) >= 11 is 0. The van der Waals surface area contributed by atoms with Crippen LogP contribution < -0.4 is 5.32 Å². The second-order valence-corrected chi connectivity index (χ2v) is 6.41. The van der Waals surface area contributed by atoms with Crippen molar-refractivity contribution < 1.29 is 14.3 Å². The Morgan fingerprint density at radius 1 is 1.25 bits per heavy atom. The van der Waals surface area contributed by atoms with Gasteiger partial charge < -0.3 is 10.1 Å². The van der Waals surface area contributed by atoms with Crippen molar-refractivity contribution in [1.29, 1.82) is 0 Å². The lowest BCUT2D eigenvalue weighted by atomic mass is 9.95. The van der Waals surface area contributed by atoms with E-state index < -0.39 is 11.4 Å². The summed E-state index contributed by atoms with van der Waals surface area (Å²) in [4.78, 5) is 28.4. The molecule has 2 rings (SSSR count). The van der Waals surface area contributed by atoms with Gasteiger partial charge in [0.2, 0.25) is 5.91 Å². The molecule has 0 spiro atoms. The van der Waals surface area contributed by atoms with Crippen molar-refractivity contribution in [3.8, 4) is 0 Å². The van der Waals surface area contributed by atoms with E-state index in [0.717, 1.165) is 10.9 Å². The number of anilines is 1. The Morgan fingerprint density at radius 3 is 2.62 bits per heavy atom. The highest BCUT2D eigenvalue weighted by molar-refractivity contribution is 5.98. The van der Waals surface area contributed by atoms with Gasteiger partial charge in [0.05, 0.1) is 12.1 Å². The average molecular weight is 326 g/mol. The zero-order valence-corrected chi connectivity index (χ0v) is 14.4. The molecular formula is C19H22N2O3. The van der Waals surface area contributed by atoms with Crippen molar-refractivity contribution in [2.45, 2.75) is 27.7 Å². The van der Waals surface area contributed by atoms with Crippen molar-refractivity contribution in [1.82, 2.24) is 4.98 Å². The number of hydrogen-bond donors (Lipinski definition) is 1. The summed E-state index contributed by atoms with van der Waals surface area (Å²) in [5.41, 5.74) is 0.879. The van der Waals surface area contributed by atoms with Gasteiger partial charge in [-0.25, -0.2) is 9.78 Å². The van der Waals surface area contributed by atoms with E-state index in [1.165, 1.54) is 6.08 Å². The first kappa shape index (κ1) is 17.7. The van der Waals surface area contributed by atoms with Gasteiger partial charge in [0.25, 0.3) is 0 Å². The van der Waals surface area contributed by atoms with E-state index in [4.69, 9.17) is 4.74 Å². The van der Waals surface area contributed by atoms with Crippen molar-refractivity contribution in [2.24, 2.45) is 5.41 Å². The summed E-state index contributed by atoms with van der Waals surface area (Å²) in [6, 6.07) is 9.49. The summed E-state index contributed by atoms with van der Waals surface area (Å²) in [6.45, 7) is 7.55. The molecule has 1 aromatic carbocycles. The Labute approximate surface area is 141 Å². The van der Waals surface area contributed by atoms with E-state index in [9.17, 15) is 9.59 Å². The first-order valence-corrected chi connectivity index (χ1v) is 7.87. The lowest BCUT2D eigenvalue weighted by Crippen LogP contribution is -2.28. The fraction of sp³-hybridized carbons (Fsp3) is 0.316. The van der Waals surface area contributed by atoms with E-state index >= 15 is 0 Å². The van der Waals surface area contributed by atoms with Gasteiger partial charge in [-0.1, -0.05) is 39.0 Å². The van der Waals surface area contributed by atoms with Gasteiger partial charge >= 0.3 is 5.97 Å². The Balaban J connectivity index is 2.43. The maximum Gasteiger partial charge on any atom is 0.330 e. The summed E-state index contributed by atoms with van der Waals surface area (Å²) in [5, 5.41) is 3.77. The molecule has 0 aliphatic rings. The molecule has 0 unspecified atom stereocenters. The SMILES string of the molecule is CCOC(=O)/C=C\c1cc2ccccc2nc1NC(=O)C(C)(C)C. The van der Waals surface area contributed by atoms with Crippen molar-refractivity contribution in [3.05, 3.63) is 42.0 Å². The molecule has 0 fully saturated rings. The smallest absolute Gasteiger partial charge is 0.330 e. The maximum atomic E-state index is 12.3. The van der Waals surface area contributed by atoms with Crippen molar-refractivity contribution >= 4 is 34.7 Å². The molecule has 0 bridgehead atoms. The predicted molar refractivity (Wildman–Crippen MR) is 95.5 cm³/mol. The molecule has 24 heavy (non-hydrogen) atoms. The van der Waals surface area contributed by atoms with Crippen molar-refractivity contribution in [2.75, 3.05) is 11.9 Å². The summed E-state index contributed by atoms with van der Waals surface area (Å²) < 4.78 is 4.89. The number of hydrogen-bond acceptors (Lipinski definition) is 4. The molecule has 5 heteroatoms. The Kier molecular flexibility index (Phi) is 5.34. The normalized spacial score (nSPS) is 11.7. The number of pyridine rings is 1. The number of nitrogens with one attached hydrogen (secondary N) is 1. The van der Waals surface area contributed by atoms with Crippen LogP contribution in [0.3, 0.4) is 0 Å². The minimum atomic E-state index is -0.546. The van der Waals surface area contributed by atoms with Crippen LogP contribution in [0.1, 0.15) is 33.3 Å². The van der Waals surface area contributed by atoms with Crippen LogP contribution in [0.15, 0.2) is 36.4 Å². The lowest BCUT2D eigenvalue weighted by Gasteiger charge is -2.18. The number of para-hydroxylation sites is 1. The van der Waals surface area contributed by atoms with Gasteiger partial charge in [-0.3, -0.25) is 4.79 Å². The highest BCUT2D eigenvalue weighted by Gasteiger charge is 2.22. The maximum absolute atomic E-state index is 12.3. The van der Waals surface area contributed by atoms with E-state index in [2.05, 4.69) is 10.3 Å². The molecule has 1 heterocycles. The molecule has 0 aliphatic heterocycles. The molecule has 0 atom stereocenters. The fourth-order valence-electron chi connectivity index (χ4n) is 2.00. The third kappa shape index (κ3) is 4.41. The lowest BCUT2D eigenvalue weighted by molar-refractivity contribution is -0.137. The molecule has 1 N–H and O–H groups in total. The minimum absolute atomic E-state index is 0.143. The topological polar surface area (TPSA) is 68.3 Å². The van der Waals surface area contributed by atoms with Crippen LogP contribution in [0.25, 0.3) is 17.0 Å². The zero-order valence-electron chi connectivity index (χ0n) is 14.4. The third-order valence-corrected chi connectivity index (χ3v) is 3.35. The quantitative estimate of drug-likeness (QED) is 0.685. The Hall–Kier alpha value is -2.69. The number of amides is 1. The van der Waals surface area contributed by atoms with Crippen LogP contribution in [-0.2, 0) is 14.3 Å². The molecule has 5 nitrogen and oxygen atoms in total.